The molecule has 0 radical (unpaired) electrons. The average molecular weight is 277 g/mol. The van der Waals surface area contributed by atoms with Gasteiger partial charge < -0.3 is 14.2 Å². The lowest BCUT2D eigenvalue weighted by Gasteiger charge is -2.10. The van der Waals surface area contributed by atoms with Crippen molar-refractivity contribution in [1.82, 2.24) is 14.7 Å². The summed E-state index contributed by atoms with van der Waals surface area (Å²) in [6.45, 7) is 5.31. The number of hydrogen-bond donors (Lipinski definition) is 1. The summed E-state index contributed by atoms with van der Waals surface area (Å²) in [6.07, 6.45) is 0.606. The summed E-state index contributed by atoms with van der Waals surface area (Å²) in [6, 6.07) is 1.66. The van der Waals surface area contributed by atoms with Gasteiger partial charge in [-0.05, 0) is 25.5 Å². The Morgan fingerprint density at radius 2 is 2.15 bits per heavy atom. The van der Waals surface area contributed by atoms with Gasteiger partial charge in [0.15, 0.2) is 5.82 Å². The molecule has 1 N–H and O–H groups in total. The van der Waals surface area contributed by atoms with E-state index in [1.165, 1.54) is 4.57 Å². The molecule has 2 aromatic rings. The number of nitrogens with zero attached hydrogens (tertiary/aromatic N) is 3. The number of carboxylic acid groups (broad SMARTS) is 1. The van der Waals surface area contributed by atoms with Crippen LogP contribution in [0.5, 0.6) is 0 Å². The molecule has 7 heteroatoms. The van der Waals surface area contributed by atoms with Gasteiger partial charge in [0.05, 0.1) is 6.54 Å². The molecule has 0 aliphatic rings. The van der Waals surface area contributed by atoms with Crippen LogP contribution in [-0.4, -0.2) is 25.8 Å². The summed E-state index contributed by atoms with van der Waals surface area (Å²) >= 11 is 0. The molecule has 2 heterocycles. The molecule has 0 atom stereocenters. The van der Waals surface area contributed by atoms with Crippen LogP contribution in [0.25, 0.3) is 0 Å². The maximum absolute atomic E-state index is 12.2. The quantitative estimate of drug-likeness (QED) is 0.900. The molecule has 0 fully saturated rings. The summed E-state index contributed by atoms with van der Waals surface area (Å²) in [5, 5.41) is 12.9. The first-order valence-corrected chi connectivity index (χ1v) is 6.19. The molecule has 7 nitrogen and oxygen atoms in total. The summed E-state index contributed by atoms with van der Waals surface area (Å²) in [7, 11) is 0. The van der Waals surface area contributed by atoms with Gasteiger partial charge in [-0.25, -0.2) is 4.79 Å². The van der Waals surface area contributed by atoms with Crippen LogP contribution in [0.2, 0.25) is 0 Å². The Morgan fingerprint density at radius 1 is 1.45 bits per heavy atom. The average Bonchev–Trinajstić information content (AvgIpc) is 2.81. The van der Waals surface area contributed by atoms with Crippen molar-refractivity contribution in [3.05, 3.63) is 45.0 Å². The molecule has 0 saturated heterocycles. The second kappa shape index (κ2) is 5.28. The Labute approximate surface area is 114 Å². The first-order chi connectivity index (χ1) is 9.43. The van der Waals surface area contributed by atoms with Gasteiger partial charge in [0.2, 0.25) is 5.89 Å². The van der Waals surface area contributed by atoms with E-state index in [4.69, 9.17) is 9.63 Å². The van der Waals surface area contributed by atoms with Gasteiger partial charge in [-0.2, -0.15) is 4.98 Å². The number of aromatic carboxylic acids is 1. The van der Waals surface area contributed by atoms with Crippen LogP contribution in [-0.2, 0) is 13.0 Å². The topological polar surface area (TPSA) is 98.2 Å². The molecule has 0 unspecified atom stereocenters. The predicted octanol–water partition coefficient (Wildman–Crippen LogP) is 1.16. The highest BCUT2D eigenvalue weighted by molar-refractivity contribution is 5.88. The molecule has 0 aliphatic carbocycles. The van der Waals surface area contributed by atoms with E-state index in [0.717, 1.165) is 0 Å². The fourth-order valence-electron chi connectivity index (χ4n) is 2.02. The van der Waals surface area contributed by atoms with Gasteiger partial charge in [0, 0.05) is 12.1 Å². The largest absolute Gasteiger partial charge is 0.477 e. The molecule has 0 spiro atoms. The SMILES string of the molecule is CCc1nc(Cn2c(C)cc(C)c(C(=O)O)c2=O)no1. The molecule has 0 bridgehead atoms. The molecular formula is C13H15N3O4. The van der Waals surface area contributed by atoms with Crippen molar-refractivity contribution in [2.75, 3.05) is 0 Å². The fraction of sp³-hybridized carbons (Fsp3) is 0.385. The van der Waals surface area contributed by atoms with E-state index in [2.05, 4.69) is 10.1 Å². The molecule has 0 saturated carbocycles. The van der Waals surface area contributed by atoms with Crippen molar-refractivity contribution >= 4 is 5.97 Å². The zero-order valence-corrected chi connectivity index (χ0v) is 11.5. The Hall–Kier alpha value is -2.44. The lowest BCUT2D eigenvalue weighted by molar-refractivity contribution is 0.0693. The maximum atomic E-state index is 12.2. The van der Waals surface area contributed by atoms with Gasteiger partial charge in [-0.15, -0.1) is 0 Å². The molecule has 2 rings (SSSR count). The third-order valence-corrected chi connectivity index (χ3v) is 3.03. The number of carbonyl (C=O) groups is 1. The fourth-order valence-corrected chi connectivity index (χ4v) is 2.02. The van der Waals surface area contributed by atoms with Crippen molar-refractivity contribution in [1.29, 1.82) is 0 Å². The smallest absolute Gasteiger partial charge is 0.341 e. The van der Waals surface area contributed by atoms with Gasteiger partial charge in [-0.1, -0.05) is 12.1 Å². The number of hydrogen-bond acceptors (Lipinski definition) is 5. The first-order valence-electron chi connectivity index (χ1n) is 6.19. The van der Waals surface area contributed by atoms with Crippen molar-refractivity contribution in [3.8, 4) is 0 Å². The zero-order valence-electron chi connectivity index (χ0n) is 11.5. The van der Waals surface area contributed by atoms with Crippen molar-refractivity contribution in [3.63, 3.8) is 0 Å². The Kier molecular flexibility index (Phi) is 3.69. The lowest BCUT2D eigenvalue weighted by Crippen LogP contribution is -2.30. The Balaban J connectivity index is 2.49. The number of aromatic nitrogens is 3. The molecular weight excluding hydrogens is 262 g/mol. The van der Waals surface area contributed by atoms with Gasteiger partial charge >= 0.3 is 5.97 Å². The van der Waals surface area contributed by atoms with Crippen LogP contribution in [0.1, 0.15) is 40.3 Å². The summed E-state index contributed by atoms with van der Waals surface area (Å²) in [5.74, 6) is -0.396. The number of rotatable bonds is 4. The van der Waals surface area contributed by atoms with Crippen LogP contribution in [0, 0.1) is 13.8 Å². The van der Waals surface area contributed by atoms with Gasteiger partial charge in [0.1, 0.15) is 5.56 Å². The number of carboxylic acids is 1. The minimum absolute atomic E-state index is 0.0920. The Morgan fingerprint density at radius 3 is 2.70 bits per heavy atom. The van der Waals surface area contributed by atoms with Crippen LogP contribution < -0.4 is 5.56 Å². The minimum Gasteiger partial charge on any atom is -0.477 e. The van der Waals surface area contributed by atoms with E-state index in [1.807, 2.05) is 6.92 Å². The lowest BCUT2D eigenvalue weighted by atomic mass is 10.1. The minimum atomic E-state index is -1.23. The monoisotopic (exact) mass is 277 g/mol. The van der Waals surface area contributed by atoms with E-state index in [0.29, 0.717) is 29.4 Å². The zero-order chi connectivity index (χ0) is 14.9. The van der Waals surface area contributed by atoms with Crippen LogP contribution in [0.3, 0.4) is 0 Å². The second-order valence-corrected chi connectivity index (χ2v) is 4.50. The van der Waals surface area contributed by atoms with Gasteiger partial charge in [0.25, 0.3) is 5.56 Å². The summed E-state index contributed by atoms with van der Waals surface area (Å²) < 4.78 is 6.31. The molecule has 0 amide bonds. The third kappa shape index (κ3) is 2.47. The maximum Gasteiger partial charge on any atom is 0.341 e. The molecule has 0 aliphatic heterocycles. The Bertz CT molecular complexity index is 715. The van der Waals surface area contributed by atoms with Crippen molar-refractivity contribution in [2.45, 2.75) is 33.7 Å². The highest BCUT2D eigenvalue weighted by Gasteiger charge is 2.17. The number of pyridine rings is 1. The predicted molar refractivity (Wildman–Crippen MR) is 69.9 cm³/mol. The molecule has 106 valence electrons. The van der Waals surface area contributed by atoms with Gasteiger partial charge in [-0.3, -0.25) is 4.79 Å². The van der Waals surface area contributed by atoms with Crippen LogP contribution in [0.15, 0.2) is 15.4 Å². The van der Waals surface area contributed by atoms with E-state index >= 15 is 0 Å². The summed E-state index contributed by atoms with van der Waals surface area (Å²) in [4.78, 5) is 27.5. The standard InChI is InChI=1S/C13H15N3O4/c1-4-10-14-9(15-20-10)6-16-8(3)5-7(2)11(12(16)17)13(18)19/h5H,4,6H2,1-3H3,(H,18,19). The van der Waals surface area contributed by atoms with E-state index in [-0.39, 0.29) is 12.1 Å². The van der Waals surface area contributed by atoms with Crippen molar-refractivity contribution < 1.29 is 14.4 Å². The van der Waals surface area contributed by atoms with E-state index in [1.54, 1.807) is 19.9 Å². The third-order valence-electron chi connectivity index (χ3n) is 3.03. The van der Waals surface area contributed by atoms with Crippen LogP contribution in [0.4, 0.5) is 0 Å². The normalized spacial score (nSPS) is 10.8. The molecule has 20 heavy (non-hydrogen) atoms. The first kappa shape index (κ1) is 14.0. The van der Waals surface area contributed by atoms with E-state index < -0.39 is 11.5 Å². The highest BCUT2D eigenvalue weighted by atomic mass is 16.5. The van der Waals surface area contributed by atoms with Crippen LogP contribution >= 0.6 is 0 Å². The highest BCUT2D eigenvalue weighted by Crippen LogP contribution is 2.08. The summed E-state index contributed by atoms with van der Waals surface area (Å²) in [5.41, 5.74) is 0.312. The number of aryl methyl sites for hydroxylation is 3. The van der Waals surface area contributed by atoms with E-state index in [9.17, 15) is 9.59 Å². The second-order valence-electron chi connectivity index (χ2n) is 4.50. The molecule has 2 aromatic heterocycles. The van der Waals surface area contributed by atoms with Crippen molar-refractivity contribution in [2.24, 2.45) is 0 Å². The molecule has 0 aromatic carbocycles.